The van der Waals surface area contributed by atoms with Gasteiger partial charge in [0.1, 0.15) is 11.9 Å². The second-order valence-electron chi connectivity index (χ2n) is 5.72. The minimum absolute atomic E-state index is 0. The third-order valence-corrected chi connectivity index (χ3v) is 3.76. The predicted octanol–water partition coefficient (Wildman–Crippen LogP) is 2.21. The number of hydrogen-bond acceptors (Lipinski definition) is 4. The van der Waals surface area contributed by atoms with Gasteiger partial charge >= 0.3 is 0 Å². The molecule has 3 rings (SSSR count). The molecule has 6 heteroatoms. The van der Waals surface area contributed by atoms with Crippen molar-refractivity contribution in [3.05, 3.63) is 24.3 Å². The molecule has 0 spiro atoms. The molecule has 1 atom stereocenters. The van der Waals surface area contributed by atoms with Crippen molar-refractivity contribution >= 4 is 24.0 Å². The van der Waals surface area contributed by atoms with Gasteiger partial charge in [0.2, 0.25) is 5.91 Å². The molecule has 1 unspecified atom stereocenters. The number of ether oxygens (including phenoxy) is 2. The molecule has 0 radical (unpaired) electrons. The van der Waals surface area contributed by atoms with Gasteiger partial charge in [0.15, 0.2) is 0 Å². The highest BCUT2D eigenvalue weighted by molar-refractivity contribution is 5.93. The number of amides is 1. The van der Waals surface area contributed by atoms with Crippen LogP contribution in [0.5, 0.6) is 5.75 Å². The lowest BCUT2D eigenvalue weighted by Gasteiger charge is -2.16. The van der Waals surface area contributed by atoms with Crippen molar-refractivity contribution in [1.82, 2.24) is 5.32 Å². The minimum Gasteiger partial charge on any atom is -0.486 e. The molecule has 1 aliphatic carbocycles. The van der Waals surface area contributed by atoms with Gasteiger partial charge in [-0.25, -0.2) is 0 Å². The third kappa shape index (κ3) is 5.16. The Morgan fingerprint density at radius 1 is 1.27 bits per heavy atom. The van der Waals surface area contributed by atoms with E-state index in [1.807, 2.05) is 24.3 Å². The van der Waals surface area contributed by atoms with E-state index in [1.165, 1.54) is 12.8 Å². The second-order valence-corrected chi connectivity index (χ2v) is 5.72. The first-order valence-electron chi connectivity index (χ1n) is 7.65. The van der Waals surface area contributed by atoms with Crippen LogP contribution in [0.3, 0.4) is 0 Å². The van der Waals surface area contributed by atoms with E-state index in [-0.39, 0.29) is 24.4 Å². The zero-order valence-electron chi connectivity index (χ0n) is 12.5. The molecule has 0 aromatic heterocycles. The van der Waals surface area contributed by atoms with E-state index in [2.05, 4.69) is 10.6 Å². The third-order valence-electron chi connectivity index (χ3n) is 3.76. The minimum atomic E-state index is -0.0330. The van der Waals surface area contributed by atoms with Crippen LogP contribution in [0, 0.1) is 5.92 Å². The number of para-hydroxylation sites is 2. The topological polar surface area (TPSA) is 59.6 Å². The van der Waals surface area contributed by atoms with E-state index >= 15 is 0 Å². The standard InChI is InChI=1S/C16H22N2O3.ClH/c19-16(10-17-9-12-5-6-12)18-14-3-1-2-4-15(14)21-13-7-8-20-11-13;/h1-4,12-13,17H,5-11H2,(H,18,19);1H. The fourth-order valence-corrected chi connectivity index (χ4v) is 2.36. The number of nitrogens with one attached hydrogen (secondary N) is 2. The maximum absolute atomic E-state index is 11.9. The maximum Gasteiger partial charge on any atom is 0.238 e. The molecule has 2 aliphatic rings. The summed E-state index contributed by atoms with van der Waals surface area (Å²) in [5, 5.41) is 6.10. The van der Waals surface area contributed by atoms with Gasteiger partial charge in [-0.15, -0.1) is 12.4 Å². The Hall–Kier alpha value is -1.30. The summed E-state index contributed by atoms with van der Waals surface area (Å²) in [5.41, 5.74) is 0.725. The number of carbonyl (C=O) groups is 1. The van der Waals surface area contributed by atoms with Gasteiger partial charge in [-0.3, -0.25) is 4.79 Å². The van der Waals surface area contributed by atoms with Crippen molar-refractivity contribution in [3.8, 4) is 5.75 Å². The molecular formula is C16H23ClN2O3. The fourth-order valence-electron chi connectivity index (χ4n) is 2.36. The molecule has 1 saturated carbocycles. The zero-order chi connectivity index (χ0) is 14.5. The Morgan fingerprint density at radius 3 is 2.82 bits per heavy atom. The van der Waals surface area contributed by atoms with Crippen LogP contribution in [0.4, 0.5) is 5.69 Å². The molecule has 2 fully saturated rings. The highest BCUT2D eigenvalue weighted by Crippen LogP contribution is 2.28. The normalized spacial score (nSPS) is 20.3. The molecule has 122 valence electrons. The number of benzene rings is 1. The van der Waals surface area contributed by atoms with Crippen LogP contribution >= 0.6 is 12.4 Å². The number of hydrogen-bond donors (Lipinski definition) is 2. The summed E-state index contributed by atoms with van der Waals surface area (Å²) < 4.78 is 11.2. The van der Waals surface area contributed by atoms with Gasteiger partial charge in [0.25, 0.3) is 0 Å². The molecule has 22 heavy (non-hydrogen) atoms. The first-order chi connectivity index (χ1) is 10.3. The van der Waals surface area contributed by atoms with Crippen molar-refractivity contribution in [2.45, 2.75) is 25.4 Å². The number of halogens is 1. The molecule has 1 amide bonds. The molecule has 2 N–H and O–H groups in total. The Morgan fingerprint density at radius 2 is 2.09 bits per heavy atom. The maximum atomic E-state index is 11.9. The average Bonchev–Trinajstić information content (AvgIpc) is 3.16. The SMILES string of the molecule is Cl.O=C(CNCC1CC1)Nc1ccccc1OC1CCOC1. The van der Waals surface area contributed by atoms with E-state index < -0.39 is 0 Å². The highest BCUT2D eigenvalue weighted by atomic mass is 35.5. The molecule has 1 aromatic carbocycles. The highest BCUT2D eigenvalue weighted by Gasteiger charge is 2.21. The summed E-state index contributed by atoms with van der Waals surface area (Å²) in [6.45, 7) is 2.64. The first-order valence-corrected chi connectivity index (χ1v) is 7.65. The van der Waals surface area contributed by atoms with Gasteiger partial charge in [-0.05, 0) is 37.4 Å². The summed E-state index contributed by atoms with van der Waals surface area (Å²) in [6.07, 6.45) is 3.55. The van der Waals surface area contributed by atoms with Crippen LogP contribution in [-0.2, 0) is 9.53 Å². The summed E-state index contributed by atoms with van der Waals surface area (Å²) >= 11 is 0. The number of anilines is 1. The summed E-state index contributed by atoms with van der Waals surface area (Å²) in [4.78, 5) is 11.9. The van der Waals surface area contributed by atoms with E-state index in [0.717, 1.165) is 31.2 Å². The van der Waals surface area contributed by atoms with Gasteiger partial charge in [0, 0.05) is 6.42 Å². The Labute approximate surface area is 137 Å². The fraction of sp³-hybridized carbons (Fsp3) is 0.562. The van der Waals surface area contributed by atoms with Gasteiger partial charge in [-0.2, -0.15) is 0 Å². The lowest BCUT2D eigenvalue weighted by molar-refractivity contribution is -0.115. The Kier molecular flexibility index (Phi) is 6.49. The Bertz CT molecular complexity index is 488. The zero-order valence-corrected chi connectivity index (χ0v) is 13.4. The van der Waals surface area contributed by atoms with E-state index in [4.69, 9.17) is 9.47 Å². The van der Waals surface area contributed by atoms with Crippen LogP contribution in [-0.4, -0.2) is 38.3 Å². The molecule has 1 aromatic rings. The van der Waals surface area contributed by atoms with Crippen LogP contribution in [0.15, 0.2) is 24.3 Å². The second kappa shape index (κ2) is 8.36. The largest absolute Gasteiger partial charge is 0.486 e. The van der Waals surface area contributed by atoms with Crippen molar-refractivity contribution in [2.24, 2.45) is 5.92 Å². The van der Waals surface area contributed by atoms with Crippen molar-refractivity contribution in [1.29, 1.82) is 0 Å². The van der Waals surface area contributed by atoms with Crippen molar-refractivity contribution in [3.63, 3.8) is 0 Å². The monoisotopic (exact) mass is 326 g/mol. The van der Waals surface area contributed by atoms with E-state index in [9.17, 15) is 4.79 Å². The number of rotatable bonds is 7. The molecule has 0 bridgehead atoms. The van der Waals surface area contributed by atoms with Crippen LogP contribution in [0.1, 0.15) is 19.3 Å². The molecule has 1 aliphatic heterocycles. The molecule has 1 saturated heterocycles. The molecular weight excluding hydrogens is 304 g/mol. The van der Waals surface area contributed by atoms with Crippen LogP contribution < -0.4 is 15.4 Å². The summed E-state index contributed by atoms with van der Waals surface area (Å²) in [6, 6.07) is 7.55. The molecule has 5 nitrogen and oxygen atoms in total. The van der Waals surface area contributed by atoms with Crippen LogP contribution in [0.25, 0.3) is 0 Å². The first kappa shape index (κ1) is 17.1. The van der Waals surface area contributed by atoms with Crippen molar-refractivity contribution in [2.75, 3.05) is 31.6 Å². The molecule has 1 heterocycles. The predicted molar refractivity (Wildman–Crippen MR) is 87.8 cm³/mol. The Balaban J connectivity index is 0.00000176. The smallest absolute Gasteiger partial charge is 0.238 e. The number of carbonyl (C=O) groups excluding carboxylic acids is 1. The average molecular weight is 327 g/mol. The van der Waals surface area contributed by atoms with Gasteiger partial charge in [-0.1, -0.05) is 12.1 Å². The lowest BCUT2D eigenvalue weighted by Crippen LogP contribution is -2.29. The van der Waals surface area contributed by atoms with Gasteiger partial charge < -0.3 is 20.1 Å². The van der Waals surface area contributed by atoms with E-state index in [1.54, 1.807) is 0 Å². The summed E-state index contributed by atoms with van der Waals surface area (Å²) in [5.74, 6) is 1.45. The van der Waals surface area contributed by atoms with Crippen molar-refractivity contribution < 1.29 is 14.3 Å². The van der Waals surface area contributed by atoms with Gasteiger partial charge in [0.05, 0.1) is 25.4 Å². The quantitative estimate of drug-likeness (QED) is 0.806. The summed E-state index contributed by atoms with van der Waals surface area (Å²) in [7, 11) is 0. The lowest BCUT2D eigenvalue weighted by atomic mass is 10.2. The van der Waals surface area contributed by atoms with E-state index in [0.29, 0.717) is 18.9 Å². The van der Waals surface area contributed by atoms with Crippen LogP contribution in [0.2, 0.25) is 0 Å².